The van der Waals surface area contributed by atoms with Crippen molar-refractivity contribution in [3.63, 3.8) is 0 Å². The number of ether oxygens (including phenoxy) is 1. The number of carbonyl (C=O) groups is 1. The molecule has 6 heteroatoms. The van der Waals surface area contributed by atoms with Crippen LogP contribution in [0.15, 0.2) is 18.3 Å². The van der Waals surface area contributed by atoms with Crippen LogP contribution in [0.5, 0.6) is 0 Å². The van der Waals surface area contributed by atoms with Gasteiger partial charge < -0.3 is 9.22 Å². The highest BCUT2D eigenvalue weighted by atomic mass is 35.5. The summed E-state index contributed by atoms with van der Waals surface area (Å²) in [7, 11) is 6.09. The van der Waals surface area contributed by atoms with E-state index in [1.54, 1.807) is 12.1 Å². The molecule has 0 radical (unpaired) electrons. The third-order valence-corrected chi connectivity index (χ3v) is 2.17. The molecule has 94 valence electrons. The Bertz CT molecular complexity index is 391. The summed E-state index contributed by atoms with van der Waals surface area (Å²) in [6.07, 6.45) is 1.03. The molecule has 0 saturated heterocycles. The van der Waals surface area contributed by atoms with Crippen molar-refractivity contribution in [3.05, 3.63) is 23.5 Å². The number of pyridine rings is 1. The van der Waals surface area contributed by atoms with Gasteiger partial charge in [0.1, 0.15) is 18.3 Å². The Morgan fingerprint density at radius 3 is 2.82 bits per heavy atom. The van der Waals surface area contributed by atoms with E-state index < -0.39 is 6.09 Å². The third kappa shape index (κ3) is 6.09. The molecule has 0 aliphatic carbocycles. The maximum absolute atomic E-state index is 11.4. The summed E-state index contributed by atoms with van der Waals surface area (Å²) in [6.45, 7) is 1.12. The van der Waals surface area contributed by atoms with Crippen molar-refractivity contribution in [3.8, 4) is 0 Å². The number of amides is 1. The van der Waals surface area contributed by atoms with Gasteiger partial charge in [0.05, 0.1) is 21.1 Å². The number of nitrogens with one attached hydrogen (secondary N) is 1. The van der Waals surface area contributed by atoms with E-state index in [2.05, 4.69) is 10.3 Å². The van der Waals surface area contributed by atoms with Crippen LogP contribution in [-0.2, 0) is 4.74 Å². The fraction of sp³-hybridized carbons (Fsp3) is 0.455. The maximum Gasteiger partial charge on any atom is 0.411 e. The van der Waals surface area contributed by atoms with E-state index in [4.69, 9.17) is 16.3 Å². The third-order valence-electron chi connectivity index (χ3n) is 1.97. The lowest BCUT2D eigenvalue weighted by Gasteiger charge is -2.23. The zero-order chi connectivity index (χ0) is 12.9. The van der Waals surface area contributed by atoms with Crippen LogP contribution < -0.4 is 5.32 Å². The van der Waals surface area contributed by atoms with Crippen molar-refractivity contribution in [2.24, 2.45) is 0 Å². The summed E-state index contributed by atoms with van der Waals surface area (Å²) in [6, 6.07) is 3.20. The molecule has 0 saturated carbocycles. The van der Waals surface area contributed by atoms with E-state index >= 15 is 0 Å². The molecule has 5 nitrogen and oxygen atoms in total. The van der Waals surface area contributed by atoms with Crippen LogP contribution in [0.25, 0.3) is 0 Å². The monoisotopic (exact) mass is 258 g/mol. The predicted octanol–water partition coefficient (Wildman–Crippen LogP) is 1.99. The predicted molar refractivity (Wildman–Crippen MR) is 67.1 cm³/mol. The summed E-state index contributed by atoms with van der Waals surface area (Å²) in [5.74, 6) is 0. The van der Waals surface area contributed by atoms with E-state index in [1.165, 1.54) is 6.20 Å². The zero-order valence-electron chi connectivity index (χ0n) is 10.2. The van der Waals surface area contributed by atoms with Crippen molar-refractivity contribution >= 4 is 23.4 Å². The molecule has 17 heavy (non-hydrogen) atoms. The Balaban J connectivity index is 2.35. The van der Waals surface area contributed by atoms with Crippen molar-refractivity contribution in [1.29, 1.82) is 0 Å². The topological polar surface area (TPSA) is 51.2 Å². The van der Waals surface area contributed by atoms with Crippen molar-refractivity contribution in [2.75, 3.05) is 39.6 Å². The fourth-order valence-corrected chi connectivity index (χ4v) is 1.22. The number of likely N-dealkylation sites (N-methyl/N-ethyl adjacent to an activating group) is 1. The Labute approximate surface area is 106 Å². The molecule has 0 aliphatic heterocycles. The fourth-order valence-electron chi connectivity index (χ4n) is 1.05. The van der Waals surface area contributed by atoms with E-state index in [-0.39, 0.29) is 0 Å². The highest BCUT2D eigenvalue weighted by molar-refractivity contribution is 6.29. The summed E-state index contributed by atoms with van der Waals surface area (Å²) in [5, 5.41) is 2.90. The normalized spacial score (nSPS) is 11.1. The first kappa shape index (κ1) is 13.7. The van der Waals surface area contributed by atoms with Crippen LogP contribution in [0.2, 0.25) is 5.15 Å². The minimum Gasteiger partial charge on any atom is -0.443 e. The second-order valence-electron chi connectivity index (χ2n) is 4.64. The summed E-state index contributed by atoms with van der Waals surface area (Å²) in [5.41, 5.74) is 0.570. The van der Waals surface area contributed by atoms with Crippen LogP contribution in [-0.4, -0.2) is 49.9 Å². The first-order valence-corrected chi connectivity index (χ1v) is 5.60. The summed E-state index contributed by atoms with van der Waals surface area (Å²) < 4.78 is 5.78. The number of aromatic nitrogens is 1. The van der Waals surface area contributed by atoms with Gasteiger partial charge in [0.25, 0.3) is 0 Å². The van der Waals surface area contributed by atoms with E-state index in [9.17, 15) is 4.79 Å². The van der Waals surface area contributed by atoms with Gasteiger partial charge in [-0.2, -0.15) is 0 Å². The number of quaternary nitrogens is 1. The average molecular weight is 259 g/mol. The van der Waals surface area contributed by atoms with E-state index in [0.29, 0.717) is 17.4 Å². The quantitative estimate of drug-likeness (QED) is 0.664. The molecule has 0 fully saturated rings. The van der Waals surface area contributed by atoms with Crippen molar-refractivity contribution < 1.29 is 14.0 Å². The van der Waals surface area contributed by atoms with Crippen LogP contribution >= 0.6 is 11.6 Å². The van der Waals surface area contributed by atoms with E-state index in [0.717, 1.165) is 11.0 Å². The van der Waals surface area contributed by atoms with Gasteiger partial charge in [-0.1, -0.05) is 11.6 Å². The molecule has 0 atom stereocenters. The molecule has 1 N–H and O–H groups in total. The average Bonchev–Trinajstić information content (AvgIpc) is 2.15. The maximum atomic E-state index is 11.4. The van der Waals surface area contributed by atoms with Gasteiger partial charge in [-0.25, -0.2) is 9.78 Å². The SMILES string of the molecule is C[N+](C)(C)CCOC(=O)Nc1ccnc(Cl)c1. The molecular formula is C11H17ClN3O2+. The van der Waals surface area contributed by atoms with E-state index in [1.807, 2.05) is 21.1 Å². The molecule has 0 unspecified atom stereocenters. The molecule has 1 rings (SSSR count). The molecule has 1 heterocycles. The van der Waals surface area contributed by atoms with Gasteiger partial charge in [-0.05, 0) is 12.1 Å². The molecule has 0 aromatic carbocycles. The first-order chi connectivity index (χ1) is 7.87. The minimum absolute atomic E-state index is 0.328. The van der Waals surface area contributed by atoms with Gasteiger partial charge in [-0.3, -0.25) is 5.32 Å². The summed E-state index contributed by atoms with van der Waals surface area (Å²) >= 11 is 5.69. The van der Waals surface area contributed by atoms with Crippen molar-refractivity contribution in [1.82, 2.24) is 4.98 Å². The molecular weight excluding hydrogens is 242 g/mol. The van der Waals surface area contributed by atoms with Gasteiger partial charge in [0.2, 0.25) is 0 Å². The molecule has 1 aromatic heterocycles. The lowest BCUT2D eigenvalue weighted by molar-refractivity contribution is -0.870. The number of halogens is 1. The number of nitrogens with zero attached hydrogens (tertiary/aromatic N) is 2. The number of hydrogen-bond acceptors (Lipinski definition) is 3. The Morgan fingerprint density at radius 1 is 1.53 bits per heavy atom. The van der Waals surface area contributed by atoms with Gasteiger partial charge in [0, 0.05) is 11.9 Å². The van der Waals surface area contributed by atoms with Gasteiger partial charge >= 0.3 is 6.09 Å². The highest BCUT2D eigenvalue weighted by Gasteiger charge is 2.09. The lowest BCUT2D eigenvalue weighted by atomic mass is 10.4. The number of anilines is 1. The van der Waals surface area contributed by atoms with Crippen LogP contribution in [0, 0.1) is 0 Å². The smallest absolute Gasteiger partial charge is 0.411 e. The second kappa shape index (κ2) is 5.84. The number of rotatable bonds is 4. The molecule has 1 amide bonds. The Morgan fingerprint density at radius 2 is 2.24 bits per heavy atom. The number of hydrogen-bond donors (Lipinski definition) is 1. The lowest BCUT2D eigenvalue weighted by Crippen LogP contribution is -2.38. The van der Waals surface area contributed by atoms with Crippen LogP contribution in [0.3, 0.4) is 0 Å². The summed E-state index contributed by atoms with van der Waals surface area (Å²) in [4.78, 5) is 15.2. The first-order valence-electron chi connectivity index (χ1n) is 5.22. The second-order valence-corrected chi connectivity index (χ2v) is 5.03. The molecule has 1 aromatic rings. The molecule has 0 aliphatic rings. The van der Waals surface area contributed by atoms with Gasteiger partial charge in [0.15, 0.2) is 0 Å². The largest absolute Gasteiger partial charge is 0.443 e. The molecule has 0 spiro atoms. The minimum atomic E-state index is -0.485. The van der Waals surface area contributed by atoms with Crippen molar-refractivity contribution in [2.45, 2.75) is 0 Å². The molecule has 0 bridgehead atoms. The Kier molecular flexibility index (Phi) is 4.72. The van der Waals surface area contributed by atoms with Gasteiger partial charge in [-0.15, -0.1) is 0 Å². The van der Waals surface area contributed by atoms with Crippen LogP contribution in [0.4, 0.5) is 10.5 Å². The highest BCUT2D eigenvalue weighted by Crippen LogP contribution is 2.11. The zero-order valence-corrected chi connectivity index (χ0v) is 11.0. The van der Waals surface area contributed by atoms with Crippen LogP contribution in [0.1, 0.15) is 0 Å². The Hall–Kier alpha value is -1.33. The standard InChI is InChI=1S/C11H16ClN3O2/c1-15(2,3)6-7-17-11(16)14-9-4-5-13-10(12)8-9/h4-5,8H,6-7H2,1-3H3/p+1. The number of carbonyl (C=O) groups excluding carboxylic acids is 1.